The van der Waals surface area contributed by atoms with Gasteiger partial charge in [-0.2, -0.15) is 10.2 Å². The van der Waals surface area contributed by atoms with E-state index in [4.69, 9.17) is 9.47 Å². The molecule has 6 N–H and O–H groups in total. The van der Waals surface area contributed by atoms with Gasteiger partial charge in [-0.15, -0.1) is 0 Å². The second kappa shape index (κ2) is 14.1. The molecule has 2 aliphatic heterocycles. The molecule has 2 aliphatic rings. The number of aliphatic hydroxyl groups excluding tert-OH is 6. The summed E-state index contributed by atoms with van der Waals surface area (Å²) >= 11 is 0. The van der Waals surface area contributed by atoms with Gasteiger partial charge in [-0.3, -0.25) is 9.36 Å². The Kier molecular flexibility index (Phi) is 10.1. The number of ether oxygens (including phenoxy) is 2. The number of hydrogen-bond acceptors (Lipinski definition) is 12. The highest BCUT2D eigenvalue weighted by Crippen LogP contribution is 2.45. The maximum absolute atomic E-state index is 13.8. The van der Waals surface area contributed by atoms with Crippen LogP contribution in [0.3, 0.4) is 0 Å². The number of aliphatic hydroxyl groups is 6. The van der Waals surface area contributed by atoms with Crippen molar-refractivity contribution in [2.24, 2.45) is 0 Å². The molecule has 4 heterocycles. The van der Waals surface area contributed by atoms with Crippen LogP contribution in [0.1, 0.15) is 12.1 Å². The predicted molar refractivity (Wildman–Crippen MR) is 164 cm³/mol. The van der Waals surface area contributed by atoms with E-state index in [1.807, 2.05) is 0 Å². The molecule has 12 nitrogen and oxygen atoms in total. The van der Waals surface area contributed by atoms with Gasteiger partial charge in [-0.05, 0) is 35.4 Å². The van der Waals surface area contributed by atoms with Crippen molar-refractivity contribution in [2.45, 2.75) is 59.6 Å². The van der Waals surface area contributed by atoms with E-state index in [2.05, 4.69) is 10.2 Å². The summed E-state index contributed by atoms with van der Waals surface area (Å²) in [5, 5.41) is 73.1. The summed E-state index contributed by atoms with van der Waals surface area (Å²) in [7, 11) is 1.93. The zero-order valence-electron chi connectivity index (χ0n) is 24.0. The first-order chi connectivity index (χ1) is 22.2. The Morgan fingerprint density at radius 3 is 1.41 bits per heavy atom. The summed E-state index contributed by atoms with van der Waals surface area (Å²) in [6.45, 7) is -1.14. The summed E-state index contributed by atoms with van der Waals surface area (Å²) in [6.07, 6.45) is -1.62. The van der Waals surface area contributed by atoms with Crippen molar-refractivity contribution < 1.29 is 48.9 Å². The van der Waals surface area contributed by atoms with Gasteiger partial charge in [0.25, 0.3) is 0 Å². The third-order valence-corrected chi connectivity index (χ3v) is 10.8. The van der Waals surface area contributed by atoms with E-state index in [0.717, 1.165) is 21.6 Å². The van der Waals surface area contributed by atoms with Gasteiger partial charge in [0, 0.05) is 23.5 Å². The second-order valence-corrected chi connectivity index (χ2v) is 13.5. The first-order valence-electron chi connectivity index (χ1n) is 14.4. The molecule has 0 amide bonds. The van der Waals surface area contributed by atoms with Crippen LogP contribution >= 0.6 is 21.6 Å². The molecule has 246 valence electrons. The number of aromatic nitrogens is 4. The molecule has 0 saturated carbocycles. The molecule has 6 rings (SSSR count). The minimum Gasteiger partial charge on any atom is -0.394 e. The maximum atomic E-state index is 13.8. The van der Waals surface area contributed by atoms with Crippen LogP contribution in [-0.2, 0) is 9.47 Å². The topological polar surface area (TPSA) is 175 Å². The molecular formula is C30H32F2N4O8S2. The van der Waals surface area contributed by atoms with Crippen LogP contribution in [0, 0.1) is 11.6 Å². The lowest BCUT2D eigenvalue weighted by Crippen LogP contribution is -2.56. The van der Waals surface area contributed by atoms with Gasteiger partial charge in [0.05, 0.1) is 25.6 Å². The van der Waals surface area contributed by atoms with Crippen LogP contribution in [-0.4, -0.2) is 111 Å². The maximum Gasteiger partial charge on any atom is 0.141 e. The van der Waals surface area contributed by atoms with E-state index in [1.54, 1.807) is 36.7 Å². The summed E-state index contributed by atoms with van der Waals surface area (Å²) < 4.78 is 41.9. The van der Waals surface area contributed by atoms with Gasteiger partial charge in [-0.25, -0.2) is 8.78 Å². The van der Waals surface area contributed by atoms with Crippen LogP contribution in [0.2, 0.25) is 0 Å². The lowest BCUT2D eigenvalue weighted by Gasteiger charge is -2.44. The van der Waals surface area contributed by atoms with Crippen molar-refractivity contribution in [2.75, 3.05) is 13.2 Å². The Morgan fingerprint density at radius 1 is 0.630 bits per heavy atom. The number of halogens is 2. The van der Waals surface area contributed by atoms with Crippen LogP contribution in [0.4, 0.5) is 8.78 Å². The van der Waals surface area contributed by atoms with Crippen LogP contribution in [0.15, 0.2) is 73.3 Å². The largest absolute Gasteiger partial charge is 0.394 e. The molecular weight excluding hydrogens is 646 g/mol. The first-order valence-corrected chi connectivity index (χ1v) is 16.6. The van der Waals surface area contributed by atoms with Crippen molar-refractivity contribution >= 4 is 21.6 Å². The third kappa shape index (κ3) is 6.60. The van der Waals surface area contributed by atoms with E-state index in [1.165, 1.54) is 46.0 Å². The molecule has 4 aromatic rings. The first kappa shape index (κ1) is 33.0. The molecule has 16 heteroatoms. The highest BCUT2D eigenvalue weighted by atomic mass is 33.1. The third-order valence-electron chi connectivity index (χ3n) is 8.07. The zero-order chi connectivity index (χ0) is 32.5. The molecule has 2 saturated heterocycles. The van der Waals surface area contributed by atoms with Crippen molar-refractivity contribution in [1.29, 1.82) is 0 Å². The fraction of sp³-hybridized carbons (Fsp3) is 0.400. The molecule has 2 aromatic carbocycles. The summed E-state index contributed by atoms with van der Waals surface area (Å²) in [5.74, 6) is -0.870. The van der Waals surface area contributed by atoms with Crippen LogP contribution in [0.25, 0.3) is 22.3 Å². The van der Waals surface area contributed by atoms with Gasteiger partial charge in [0.2, 0.25) is 0 Å². The number of hydrogen-bond donors (Lipinski definition) is 6. The molecule has 46 heavy (non-hydrogen) atoms. The zero-order valence-corrected chi connectivity index (χ0v) is 25.6. The molecule has 0 aliphatic carbocycles. The molecule has 0 radical (unpaired) electrons. The van der Waals surface area contributed by atoms with Gasteiger partial charge >= 0.3 is 0 Å². The minimum atomic E-state index is -1.37. The smallest absolute Gasteiger partial charge is 0.141 e. The summed E-state index contributed by atoms with van der Waals surface area (Å²) in [6, 6.07) is 9.64. The molecule has 2 fully saturated rings. The van der Waals surface area contributed by atoms with E-state index in [-0.39, 0.29) is 0 Å². The molecule has 2 aromatic heterocycles. The van der Waals surface area contributed by atoms with Crippen LogP contribution in [0.5, 0.6) is 0 Å². The van der Waals surface area contributed by atoms with Crippen LogP contribution < -0.4 is 0 Å². The number of rotatable bonds is 9. The number of nitrogens with zero attached hydrogens (tertiary/aromatic N) is 4. The van der Waals surface area contributed by atoms with Crippen molar-refractivity contribution in [3.63, 3.8) is 0 Å². The van der Waals surface area contributed by atoms with Gasteiger partial charge in [0.15, 0.2) is 0 Å². The SMILES string of the molecule is OCC1O[C@@H](SS[C@@H]2O[C@H](CO)C(O)C(n3cc(-c4cccc(F)c4)cn3)[C@H]2O)C(O)[C@@H](n2cc(-c3cccc(F)c3)cn2)[C@H]1O. The van der Waals surface area contributed by atoms with Crippen molar-refractivity contribution in [3.8, 4) is 22.3 Å². The average Bonchev–Trinajstić information content (AvgIpc) is 3.73. The Morgan fingerprint density at radius 2 is 1.04 bits per heavy atom. The minimum absolute atomic E-state index is 0.435. The quantitative estimate of drug-likeness (QED) is 0.142. The Bertz CT molecular complexity index is 1510. The van der Waals surface area contributed by atoms with Crippen molar-refractivity contribution in [1.82, 2.24) is 19.6 Å². The predicted octanol–water partition coefficient (Wildman–Crippen LogP) is 1.73. The molecule has 0 spiro atoms. The fourth-order valence-electron chi connectivity index (χ4n) is 5.67. The highest BCUT2D eigenvalue weighted by Gasteiger charge is 2.49. The summed E-state index contributed by atoms with van der Waals surface area (Å²) in [4.78, 5) is 0. The van der Waals surface area contributed by atoms with E-state index in [9.17, 15) is 39.4 Å². The average molecular weight is 679 g/mol. The summed E-state index contributed by atoms with van der Waals surface area (Å²) in [5.41, 5.74) is 0.0532. The Hall–Kier alpha value is -2.90. The second-order valence-electron chi connectivity index (χ2n) is 11.0. The monoisotopic (exact) mass is 678 g/mol. The van der Waals surface area contributed by atoms with Gasteiger partial charge < -0.3 is 40.1 Å². The van der Waals surface area contributed by atoms with Crippen molar-refractivity contribution in [3.05, 3.63) is 85.0 Å². The normalized spacial score (nSPS) is 31.7. The Balaban J connectivity index is 1.19. The van der Waals surface area contributed by atoms with E-state index in [0.29, 0.717) is 22.3 Å². The molecule has 4 unspecified atom stereocenters. The van der Waals surface area contributed by atoms with Gasteiger partial charge in [0.1, 0.15) is 71.2 Å². The van der Waals surface area contributed by atoms with E-state index >= 15 is 0 Å². The fourth-order valence-corrected chi connectivity index (χ4v) is 8.42. The molecule has 10 atom stereocenters. The highest BCUT2D eigenvalue weighted by molar-refractivity contribution is 8.77. The lowest BCUT2D eigenvalue weighted by molar-refractivity contribution is -0.179. The number of benzene rings is 2. The molecule has 0 bridgehead atoms. The lowest BCUT2D eigenvalue weighted by atomic mass is 9.97. The Labute approximate surface area is 269 Å². The van der Waals surface area contributed by atoms with Gasteiger partial charge in [-0.1, -0.05) is 45.9 Å². The standard InChI is InChI=1S/C30H32F2N4O8S2/c31-19-5-1-3-15(7-19)17-9-33-35(11-17)23-25(39)21(13-37)43-29(27(23)41)45-46-30-28(42)24(26(40)22(14-38)44-30)36-12-18(10-34-36)16-4-2-6-20(32)8-16/h1-12,21-30,37-42H,13-14H2/t21-,22?,23?,24+,25?,26+,27-,28?,29+,30+/m1/s1. The van der Waals surface area contributed by atoms with E-state index < -0.39 is 84.4 Å².